The van der Waals surface area contributed by atoms with E-state index in [-0.39, 0.29) is 24.0 Å². The molecule has 1 saturated carbocycles. The first-order chi connectivity index (χ1) is 15.9. The van der Waals surface area contributed by atoms with Crippen LogP contribution in [0.5, 0.6) is 5.75 Å². The van der Waals surface area contributed by atoms with Crippen molar-refractivity contribution < 1.29 is 9.53 Å². The van der Waals surface area contributed by atoms with Crippen molar-refractivity contribution in [2.45, 2.75) is 44.8 Å². The van der Waals surface area contributed by atoms with Gasteiger partial charge in [-0.15, -0.1) is 11.3 Å². The lowest BCUT2D eigenvalue weighted by atomic mass is 9.82. The summed E-state index contributed by atoms with van der Waals surface area (Å²) in [6.07, 6.45) is 10.5. The molecular weight excluding hydrogens is 432 g/mol. The zero-order valence-corrected chi connectivity index (χ0v) is 20.4. The first-order valence-corrected chi connectivity index (χ1v) is 12.2. The molecule has 6 nitrogen and oxygen atoms in total. The number of allylic oxidation sites excluding steroid dienone is 3. The summed E-state index contributed by atoms with van der Waals surface area (Å²) in [5, 5.41) is 13.7. The van der Waals surface area contributed by atoms with Gasteiger partial charge in [-0.1, -0.05) is 18.2 Å². The molecule has 3 atom stereocenters. The normalized spacial score (nSPS) is 21.6. The van der Waals surface area contributed by atoms with Crippen LogP contribution >= 0.6 is 11.3 Å². The van der Waals surface area contributed by atoms with Crippen LogP contribution in [0, 0.1) is 17.2 Å². The molecule has 2 aromatic rings. The van der Waals surface area contributed by atoms with Crippen molar-refractivity contribution in [3.63, 3.8) is 0 Å². The fourth-order valence-electron chi connectivity index (χ4n) is 4.64. The van der Waals surface area contributed by atoms with Crippen molar-refractivity contribution >= 4 is 17.2 Å². The standard InChI is InChI=1S/C26H30N4O2S/c1-16(2)32-23-11-8-17(12-18(23)13-27)26-28-14-24(33-26)21-7-5-6-20-19(21)9-10-22(20)29-25(31)15-30(3)4/h5-8,11-12,14,16,19,21-22H,9-10,15H2,1-4H3,(H,29,31)/t19?,21?,22-/m0/s1. The first-order valence-electron chi connectivity index (χ1n) is 11.3. The largest absolute Gasteiger partial charge is 0.490 e. The summed E-state index contributed by atoms with van der Waals surface area (Å²) in [7, 11) is 3.81. The van der Waals surface area contributed by atoms with Gasteiger partial charge in [-0.3, -0.25) is 4.79 Å². The minimum Gasteiger partial charge on any atom is -0.490 e. The van der Waals surface area contributed by atoms with Gasteiger partial charge in [0.1, 0.15) is 16.8 Å². The summed E-state index contributed by atoms with van der Waals surface area (Å²) in [5.74, 6) is 1.30. The number of amides is 1. The van der Waals surface area contributed by atoms with E-state index >= 15 is 0 Å². The van der Waals surface area contributed by atoms with Crippen LogP contribution in [0.4, 0.5) is 0 Å². The van der Waals surface area contributed by atoms with E-state index in [1.807, 2.05) is 57.2 Å². The molecule has 0 spiro atoms. The number of nitriles is 1. The van der Waals surface area contributed by atoms with E-state index in [0.717, 1.165) is 23.4 Å². The molecule has 0 radical (unpaired) electrons. The highest BCUT2D eigenvalue weighted by molar-refractivity contribution is 7.15. The van der Waals surface area contributed by atoms with Gasteiger partial charge in [0.25, 0.3) is 0 Å². The molecule has 172 valence electrons. The number of benzene rings is 1. The topological polar surface area (TPSA) is 78.2 Å². The Labute approximate surface area is 199 Å². The van der Waals surface area contributed by atoms with E-state index in [1.165, 1.54) is 10.5 Å². The predicted octanol–water partition coefficient (Wildman–Crippen LogP) is 4.51. The van der Waals surface area contributed by atoms with Crippen LogP contribution in [0.1, 0.15) is 43.0 Å². The smallest absolute Gasteiger partial charge is 0.234 e. The van der Waals surface area contributed by atoms with E-state index < -0.39 is 0 Å². The molecule has 1 fully saturated rings. The number of hydrogen-bond donors (Lipinski definition) is 1. The minimum atomic E-state index is 0.0117. The third kappa shape index (κ3) is 5.18. The average Bonchev–Trinajstić information content (AvgIpc) is 3.41. The Balaban J connectivity index is 1.51. The molecule has 2 aliphatic rings. The van der Waals surface area contributed by atoms with Crippen LogP contribution in [0.2, 0.25) is 0 Å². The number of carbonyl (C=O) groups excluding carboxylic acids is 1. The van der Waals surface area contributed by atoms with Gasteiger partial charge in [-0.25, -0.2) is 4.98 Å². The van der Waals surface area contributed by atoms with Crippen LogP contribution < -0.4 is 10.1 Å². The molecule has 1 aromatic heterocycles. The number of fused-ring (bicyclic) bond motifs is 1. The van der Waals surface area contributed by atoms with Crippen molar-refractivity contribution in [1.82, 2.24) is 15.2 Å². The number of ether oxygens (including phenoxy) is 1. The lowest BCUT2D eigenvalue weighted by Gasteiger charge is -2.26. The van der Waals surface area contributed by atoms with Gasteiger partial charge in [0.2, 0.25) is 5.91 Å². The van der Waals surface area contributed by atoms with Crippen LogP contribution in [0.25, 0.3) is 10.6 Å². The summed E-state index contributed by atoms with van der Waals surface area (Å²) in [4.78, 5) is 20.1. The first kappa shape index (κ1) is 23.2. The van der Waals surface area contributed by atoms with Crippen LogP contribution in [-0.2, 0) is 4.79 Å². The molecule has 2 unspecified atom stereocenters. The molecule has 1 amide bonds. The second-order valence-electron chi connectivity index (χ2n) is 9.18. The fraction of sp³-hybridized carbons (Fsp3) is 0.423. The molecule has 0 bridgehead atoms. The predicted molar refractivity (Wildman–Crippen MR) is 131 cm³/mol. The number of nitrogens with zero attached hydrogens (tertiary/aromatic N) is 3. The van der Waals surface area contributed by atoms with Crippen molar-refractivity contribution in [1.29, 1.82) is 5.26 Å². The molecule has 33 heavy (non-hydrogen) atoms. The highest BCUT2D eigenvalue weighted by atomic mass is 32.1. The highest BCUT2D eigenvalue weighted by Gasteiger charge is 2.37. The quantitative estimate of drug-likeness (QED) is 0.655. The Bertz CT molecular complexity index is 1130. The van der Waals surface area contributed by atoms with E-state index in [0.29, 0.717) is 23.8 Å². The molecule has 1 N–H and O–H groups in total. The van der Waals surface area contributed by atoms with Crippen molar-refractivity contribution in [2.75, 3.05) is 20.6 Å². The summed E-state index contributed by atoms with van der Waals surface area (Å²) in [6, 6.07) is 8.02. The lowest BCUT2D eigenvalue weighted by molar-refractivity contribution is -0.122. The summed E-state index contributed by atoms with van der Waals surface area (Å²) in [6.45, 7) is 4.30. The highest BCUT2D eigenvalue weighted by Crippen LogP contribution is 2.46. The molecular formula is C26H30N4O2S. The maximum Gasteiger partial charge on any atom is 0.234 e. The van der Waals surface area contributed by atoms with E-state index in [4.69, 9.17) is 4.74 Å². The van der Waals surface area contributed by atoms with E-state index in [1.54, 1.807) is 11.3 Å². The Hall–Kier alpha value is -2.95. The third-order valence-electron chi connectivity index (χ3n) is 5.99. The Kier molecular flexibility index (Phi) is 6.96. The molecule has 1 aromatic carbocycles. The third-order valence-corrected chi connectivity index (χ3v) is 7.14. The van der Waals surface area contributed by atoms with Gasteiger partial charge in [-0.2, -0.15) is 5.26 Å². The second-order valence-corrected chi connectivity index (χ2v) is 10.2. The number of aromatic nitrogens is 1. The Morgan fingerprint density at radius 1 is 1.36 bits per heavy atom. The number of nitrogens with one attached hydrogen (secondary N) is 1. The maximum atomic E-state index is 12.3. The number of hydrogen-bond acceptors (Lipinski definition) is 6. The van der Waals surface area contributed by atoms with Crippen molar-refractivity contribution in [2.24, 2.45) is 5.92 Å². The molecule has 0 aliphatic heterocycles. The van der Waals surface area contributed by atoms with E-state index in [2.05, 4.69) is 34.6 Å². The SMILES string of the molecule is CC(C)Oc1ccc(-c2ncc(C3C=CC=C4C3CC[C@@H]4NC(=O)CN(C)C)s2)cc1C#N. The summed E-state index contributed by atoms with van der Waals surface area (Å²) in [5.41, 5.74) is 2.76. The molecule has 0 saturated heterocycles. The van der Waals surface area contributed by atoms with Crippen LogP contribution in [-0.4, -0.2) is 48.6 Å². The van der Waals surface area contributed by atoms with Gasteiger partial charge in [0.05, 0.1) is 24.3 Å². The minimum absolute atomic E-state index is 0.0117. The van der Waals surface area contributed by atoms with Gasteiger partial charge >= 0.3 is 0 Å². The fourth-order valence-corrected chi connectivity index (χ4v) is 5.70. The van der Waals surface area contributed by atoms with Gasteiger partial charge in [0.15, 0.2) is 0 Å². The number of likely N-dealkylation sites (N-methyl/N-ethyl adjacent to an activating group) is 1. The Morgan fingerprint density at radius 2 is 2.18 bits per heavy atom. The summed E-state index contributed by atoms with van der Waals surface area (Å²) < 4.78 is 5.75. The maximum absolute atomic E-state index is 12.3. The van der Waals surface area contributed by atoms with Crippen molar-refractivity contribution in [3.8, 4) is 22.4 Å². The lowest BCUT2D eigenvalue weighted by Crippen LogP contribution is -2.40. The van der Waals surface area contributed by atoms with Crippen LogP contribution in [0.15, 0.2) is 48.2 Å². The molecule has 7 heteroatoms. The monoisotopic (exact) mass is 462 g/mol. The van der Waals surface area contributed by atoms with Crippen molar-refractivity contribution in [3.05, 3.63) is 58.6 Å². The Morgan fingerprint density at radius 3 is 2.91 bits per heavy atom. The number of carbonyl (C=O) groups is 1. The van der Waals surface area contributed by atoms with Gasteiger partial charge in [0, 0.05) is 22.6 Å². The number of rotatable bonds is 7. The van der Waals surface area contributed by atoms with Gasteiger partial charge < -0.3 is 15.0 Å². The summed E-state index contributed by atoms with van der Waals surface area (Å²) >= 11 is 1.67. The second kappa shape index (κ2) is 9.90. The average molecular weight is 463 g/mol. The molecule has 1 heterocycles. The number of thiazole rings is 1. The zero-order chi connectivity index (χ0) is 23.5. The van der Waals surface area contributed by atoms with Crippen LogP contribution in [0.3, 0.4) is 0 Å². The molecule has 4 rings (SSSR count). The molecule has 2 aliphatic carbocycles. The van der Waals surface area contributed by atoms with E-state index in [9.17, 15) is 10.1 Å². The van der Waals surface area contributed by atoms with Gasteiger partial charge in [-0.05, 0) is 70.5 Å². The zero-order valence-electron chi connectivity index (χ0n) is 19.5.